The third kappa shape index (κ3) is 4.66. The average Bonchev–Trinajstić information content (AvgIpc) is 2.61. The van der Waals surface area contributed by atoms with Gasteiger partial charge in [0.05, 0.1) is 19.8 Å². The Labute approximate surface area is 142 Å². The molecule has 0 bridgehead atoms. The Bertz CT molecular complexity index is 762. The molecule has 0 saturated heterocycles. The van der Waals surface area contributed by atoms with Crippen LogP contribution in [0.3, 0.4) is 0 Å². The number of esters is 1. The lowest BCUT2D eigenvalue weighted by molar-refractivity contribution is -0.0512. The van der Waals surface area contributed by atoms with E-state index in [0.29, 0.717) is 11.3 Å². The highest BCUT2D eigenvalue weighted by Crippen LogP contribution is 2.29. The van der Waals surface area contributed by atoms with Gasteiger partial charge >= 0.3 is 12.6 Å². The molecule has 1 amide bonds. The number of amides is 1. The highest BCUT2D eigenvalue weighted by molar-refractivity contribution is 6.04. The summed E-state index contributed by atoms with van der Waals surface area (Å²) in [6.07, 6.45) is 0. The maximum absolute atomic E-state index is 12.3. The van der Waals surface area contributed by atoms with Gasteiger partial charge in [0.15, 0.2) is 11.5 Å². The van der Waals surface area contributed by atoms with E-state index in [2.05, 4.69) is 14.8 Å². The highest BCUT2D eigenvalue weighted by atomic mass is 19.3. The summed E-state index contributed by atoms with van der Waals surface area (Å²) in [5.74, 6) is -1.13. The van der Waals surface area contributed by atoms with Crippen LogP contribution in [0.25, 0.3) is 0 Å². The number of halogens is 2. The monoisotopic (exact) mass is 351 g/mol. The Morgan fingerprint density at radius 3 is 2.16 bits per heavy atom. The Balaban J connectivity index is 2.13. The van der Waals surface area contributed by atoms with Crippen molar-refractivity contribution in [1.82, 2.24) is 0 Å². The molecule has 1 N–H and O–H groups in total. The molecule has 0 spiro atoms. The predicted octanol–water partition coefficient (Wildman–Crippen LogP) is 3.34. The summed E-state index contributed by atoms with van der Waals surface area (Å²) >= 11 is 0. The number of anilines is 1. The first-order chi connectivity index (χ1) is 11.9. The van der Waals surface area contributed by atoms with Crippen molar-refractivity contribution in [2.75, 3.05) is 19.5 Å². The van der Waals surface area contributed by atoms with Gasteiger partial charge in [0.25, 0.3) is 5.91 Å². The Hall–Kier alpha value is -3.16. The number of hydrogen-bond donors (Lipinski definition) is 1. The molecule has 0 unspecified atom stereocenters. The number of ether oxygens (including phenoxy) is 3. The highest BCUT2D eigenvalue weighted by Gasteiger charge is 2.14. The van der Waals surface area contributed by atoms with Crippen molar-refractivity contribution in [2.24, 2.45) is 0 Å². The van der Waals surface area contributed by atoms with Crippen molar-refractivity contribution in [3.8, 4) is 11.5 Å². The number of carbonyl (C=O) groups is 2. The van der Waals surface area contributed by atoms with Gasteiger partial charge < -0.3 is 19.5 Å². The van der Waals surface area contributed by atoms with Crippen molar-refractivity contribution in [3.63, 3.8) is 0 Å². The first-order valence-electron chi connectivity index (χ1n) is 7.07. The SMILES string of the molecule is COC(=O)c1ccc(NC(=O)c2ccc(OC(F)F)c(OC)c2)cc1. The predicted molar refractivity (Wildman–Crippen MR) is 85.4 cm³/mol. The molecular weight excluding hydrogens is 336 g/mol. The Morgan fingerprint density at radius 2 is 1.60 bits per heavy atom. The summed E-state index contributed by atoms with van der Waals surface area (Å²) < 4.78 is 38.5. The molecule has 8 heteroatoms. The molecule has 0 saturated carbocycles. The molecule has 0 aliphatic carbocycles. The Morgan fingerprint density at radius 1 is 0.960 bits per heavy atom. The number of alkyl halides is 2. The topological polar surface area (TPSA) is 73.9 Å². The van der Waals surface area contributed by atoms with Gasteiger partial charge in [-0.1, -0.05) is 0 Å². The molecule has 2 aromatic carbocycles. The molecule has 2 aromatic rings. The van der Waals surface area contributed by atoms with Crippen molar-refractivity contribution >= 4 is 17.6 Å². The van der Waals surface area contributed by atoms with Gasteiger partial charge in [-0.05, 0) is 42.5 Å². The quantitative estimate of drug-likeness (QED) is 0.808. The van der Waals surface area contributed by atoms with Crippen molar-refractivity contribution in [1.29, 1.82) is 0 Å². The van der Waals surface area contributed by atoms with Crippen LogP contribution in [-0.2, 0) is 4.74 Å². The lowest BCUT2D eigenvalue weighted by Gasteiger charge is -2.11. The van der Waals surface area contributed by atoms with Gasteiger partial charge in [0.1, 0.15) is 0 Å². The van der Waals surface area contributed by atoms with Crippen LogP contribution in [-0.4, -0.2) is 32.7 Å². The number of carbonyl (C=O) groups excluding carboxylic acids is 2. The van der Waals surface area contributed by atoms with Crippen LogP contribution in [0.15, 0.2) is 42.5 Å². The minimum absolute atomic E-state index is 0.00832. The van der Waals surface area contributed by atoms with Crippen LogP contribution in [0.2, 0.25) is 0 Å². The molecular formula is C17H15F2NO5. The minimum atomic E-state index is -3.00. The van der Waals surface area contributed by atoms with E-state index in [1.54, 1.807) is 0 Å². The summed E-state index contributed by atoms with van der Waals surface area (Å²) in [5.41, 5.74) is 0.982. The number of methoxy groups -OCH3 is 2. The summed E-state index contributed by atoms with van der Waals surface area (Å²) in [4.78, 5) is 23.6. The van der Waals surface area contributed by atoms with E-state index < -0.39 is 18.5 Å². The summed E-state index contributed by atoms with van der Waals surface area (Å²) in [6, 6.07) is 9.92. The van der Waals surface area contributed by atoms with Gasteiger partial charge in [-0.3, -0.25) is 4.79 Å². The summed E-state index contributed by atoms with van der Waals surface area (Å²) in [5, 5.41) is 2.62. The number of hydrogen-bond acceptors (Lipinski definition) is 5. The molecule has 0 aliphatic heterocycles. The van der Waals surface area contributed by atoms with Crippen LogP contribution in [0.4, 0.5) is 14.5 Å². The molecule has 0 fully saturated rings. The standard InChI is InChI=1S/C17H15F2NO5/c1-23-14-9-11(5-8-13(14)25-17(18)19)15(21)20-12-6-3-10(4-7-12)16(22)24-2/h3-9,17H,1-2H3,(H,20,21). The first kappa shape index (κ1) is 18.2. The second kappa shape index (κ2) is 8.09. The molecule has 0 aliphatic rings. The van der Waals surface area contributed by atoms with Gasteiger partial charge in [0, 0.05) is 11.3 Å². The Kier molecular flexibility index (Phi) is 5.89. The fraction of sp³-hybridized carbons (Fsp3) is 0.176. The van der Waals surface area contributed by atoms with E-state index in [-0.39, 0.29) is 17.1 Å². The molecule has 6 nitrogen and oxygen atoms in total. The van der Waals surface area contributed by atoms with Gasteiger partial charge in [0.2, 0.25) is 0 Å². The number of benzene rings is 2. The third-order valence-corrected chi connectivity index (χ3v) is 3.21. The molecule has 0 radical (unpaired) electrons. The van der Waals surface area contributed by atoms with E-state index in [9.17, 15) is 18.4 Å². The average molecular weight is 351 g/mol. The van der Waals surface area contributed by atoms with Crippen LogP contribution in [0.5, 0.6) is 11.5 Å². The number of nitrogens with one attached hydrogen (secondary N) is 1. The van der Waals surface area contributed by atoms with E-state index in [1.807, 2.05) is 0 Å². The first-order valence-corrected chi connectivity index (χ1v) is 7.07. The maximum atomic E-state index is 12.3. The van der Waals surface area contributed by atoms with E-state index in [1.165, 1.54) is 56.7 Å². The van der Waals surface area contributed by atoms with Crippen LogP contribution < -0.4 is 14.8 Å². The van der Waals surface area contributed by atoms with Crippen molar-refractivity contribution in [2.45, 2.75) is 6.61 Å². The van der Waals surface area contributed by atoms with Gasteiger partial charge in [-0.15, -0.1) is 0 Å². The zero-order valence-corrected chi connectivity index (χ0v) is 13.4. The van der Waals surface area contributed by atoms with Crippen molar-refractivity contribution in [3.05, 3.63) is 53.6 Å². The number of rotatable bonds is 6. The lowest BCUT2D eigenvalue weighted by atomic mass is 10.1. The van der Waals surface area contributed by atoms with Gasteiger partial charge in [-0.2, -0.15) is 8.78 Å². The largest absolute Gasteiger partial charge is 0.493 e. The maximum Gasteiger partial charge on any atom is 0.387 e. The fourth-order valence-electron chi connectivity index (χ4n) is 2.01. The van der Waals surface area contributed by atoms with Crippen LogP contribution in [0.1, 0.15) is 20.7 Å². The minimum Gasteiger partial charge on any atom is -0.493 e. The normalized spacial score (nSPS) is 10.3. The second-order valence-electron chi connectivity index (χ2n) is 4.77. The summed E-state index contributed by atoms with van der Waals surface area (Å²) in [7, 11) is 2.55. The second-order valence-corrected chi connectivity index (χ2v) is 4.77. The van der Waals surface area contributed by atoms with Crippen LogP contribution in [0, 0.1) is 0 Å². The van der Waals surface area contributed by atoms with Crippen molar-refractivity contribution < 1.29 is 32.6 Å². The fourth-order valence-corrected chi connectivity index (χ4v) is 2.01. The zero-order valence-electron chi connectivity index (χ0n) is 13.4. The smallest absolute Gasteiger partial charge is 0.387 e. The molecule has 132 valence electrons. The molecule has 25 heavy (non-hydrogen) atoms. The lowest BCUT2D eigenvalue weighted by Crippen LogP contribution is -2.13. The zero-order chi connectivity index (χ0) is 18.4. The van der Waals surface area contributed by atoms with E-state index in [0.717, 1.165) is 0 Å². The molecule has 0 heterocycles. The molecule has 2 rings (SSSR count). The van der Waals surface area contributed by atoms with Gasteiger partial charge in [-0.25, -0.2) is 4.79 Å². The summed E-state index contributed by atoms with van der Waals surface area (Å²) in [6.45, 7) is -3.00. The van der Waals surface area contributed by atoms with E-state index >= 15 is 0 Å². The van der Waals surface area contributed by atoms with E-state index in [4.69, 9.17) is 4.74 Å². The van der Waals surface area contributed by atoms with Crippen LogP contribution >= 0.6 is 0 Å². The molecule has 0 atom stereocenters. The molecule has 0 aromatic heterocycles. The third-order valence-electron chi connectivity index (χ3n) is 3.21.